The summed E-state index contributed by atoms with van der Waals surface area (Å²) in [6, 6.07) is 3.66. The minimum atomic E-state index is 0.256. The number of nitrogens with two attached hydrogens (primary N) is 1. The van der Waals surface area contributed by atoms with Gasteiger partial charge >= 0.3 is 0 Å². The van der Waals surface area contributed by atoms with Gasteiger partial charge in [-0.2, -0.15) is 0 Å². The first kappa shape index (κ1) is 14.9. The van der Waals surface area contributed by atoms with Crippen LogP contribution in [-0.4, -0.2) is 17.6 Å². The Kier molecular flexibility index (Phi) is 6.09. The number of nitrogens with one attached hydrogen (secondary N) is 1. The van der Waals surface area contributed by atoms with Crippen LogP contribution in [0.25, 0.3) is 0 Å². The number of oxime groups is 1. The maximum atomic E-state index is 8.38. The molecule has 100 valence electrons. The van der Waals surface area contributed by atoms with Crippen molar-refractivity contribution < 1.29 is 5.21 Å². The summed E-state index contributed by atoms with van der Waals surface area (Å²) in [5.41, 5.74) is 7.16. The number of halogens is 2. The van der Waals surface area contributed by atoms with Crippen molar-refractivity contribution in [2.45, 2.75) is 26.2 Å². The monoisotopic (exact) mass is 289 g/mol. The molecule has 0 aliphatic carbocycles. The molecule has 6 heteroatoms. The highest BCUT2D eigenvalue weighted by Crippen LogP contribution is 2.28. The summed E-state index contributed by atoms with van der Waals surface area (Å²) in [4.78, 5) is 0. The highest BCUT2D eigenvalue weighted by atomic mass is 35.5. The van der Waals surface area contributed by atoms with Gasteiger partial charge in [0, 0.05) is 18.0 Å². The zero-order chi connectivity index (χ0) is 13.5. The van der Waals surface area contributed by atoms with Gasteiger partial charge in [-0.25, -0.2) is 0 Å². The molecule has 0 aliphatic rings. The number of hydrogen-bond donors (Lipinski definition) is 3. The minimum absolute atomic E-state index is 0.256. The predicted molar refractivity (Wildman–Crippen MR) is 76.9 cm³/mol. The molecule has 0 saturated carbocycles. The van der Waals surface area contributed by atoms with E-state index in [4.69, 9.17) is 34.1 Å². The van der Waals surface area contributed by atoms with Gasteiger partial charge in [-0.1, -0.05) is 28.4 Å². The SMILES string of the molecule is Cc1cc(Cl)c(NCCCC/C(N)=N/O)cc1Cl. The maximum absolute atomic E-state index is 8.38. The molecule has 0 aromatic heterocycles. The van der Waals surface area contributed by atoms with Crippen LogP contribution >= 0.6 is 23.2 Å². The van der Waals surface area contributed by atoms with Crippen LogP contribution in [0.4, 0.5) is 5.69 Å². The molecule has 1 rings (SSSR count). The molecule has 18 heavy (non-hydrogen) atoms. The topological polar surface area (TPSA) is 70.6 Å². The van der Waals surface area contributed by atoms with E-state index in [1.165, 1.54) is 0 Å². The smallest absolute Gasteiger partial charge is 0.139 e. The molecule has 0 unspecified atom stereocenters. The van der Waals surface area contributed by atoms with Gasteiger partial charge < -0.3 is 16.3 Å². The van der Waals surface area contributed by atoms with E-state index in [9.17, 15) is 0 Å². The lowest BCUT2D eigenvalue weighted by molar-refractivity contribution is 0.316. The standard InChI is InChI=1S/C12H17Cl2N3O/c1-8-6-10(14)11(7-9(8)13)16-5-3-2-4-12(15)17-18/h6-7,16,18H,2-5H2,1H3,(H2,15,17). The minimum Gasteiger partial charge on any atom is -0.409 e. The zero-order valence-corrected chi connectivity index (χ0v) is 11.7. The van der Waals surface area contributed by atoms with Crippen molar-refractivity contribution in [3.8, 4) is 0 Å². The van der Waals surface area contributed by atoms with Crippen LogP contribution in [0.5, 0.6) is 0 Å². The van der Waals surface area contributed by atoms with Crippen LogP contribution in [0.3, 0.4) is 0 Å². The zero-order valence-electron chi connectivity index (χ0n) is 10.2. The van der Waals surface area contributed by atoms with E-state index < -0.39 is 0 Å². The number of rotatable bonds is 6. The highest BCUT2D eigenvalue weighted by molar-refractivity contribution is 6.35. The van der Waals surface area contributed by atoms with Crippen LogP contribution in [0.1, 0.15) is 24.8 Å². The second-order valence-corrected chi connectivity index (χ2v) is 4.87. The van der Waals surface area contributed by atoms with Crippen LogP contribution in [0.15, 0.2) is 17.3 Å². The Morgan fingerprint density at radius 3 is 2.72 bits per heavy atom. The first-order chi connectivity index (χ1) is 8.54. The van der Waals surface area contributed by atoms with E-state index in [1.54, 1.807) is 0 Å². The van der Waals surface area contributed by atoms with Gasteiger partial charge in [-0.05, 0) is 37.5 Å². The molecular weight excluding hydrogens is 273 g/mol. The van der Waals surface area contributed by atoms with Crippen molar-refractivity contribution in [1.29, 1.82) is 0 Å². The number of unbranched alkanes of at least 4 members (excludes halogenated alkanes) is 1. The van der Waals surface area contributed by atoms with Gasteiger partial charge in [-0.15, -0.1) is 0 Å². The highest BCUT2D eigenvalue weighted by Gasteiger charge is 2.04. The van der Waals surface area contributed by atoms with Gasteiger partial charge in [0.05, 0.1) is 10.7 Å². The number of benzene rings is 1. The van der Waals surface area contributed by atoms with Gasteiger partial charge in [-0.3, -0.25) is 0 Å². The van der Waals surface area contributed by atoms with Gasteiger partial charge in [0.2, 0.25) is 0 Å². The normalized spacial score (nSPS) is 11.6. The summed E-state index contributed by atoms with van der Waals surface area (Å²) in [5, 5.41) is 15.9. The fourth-order valence-corrected chi connectivity index (χ4v) is 1.93. The first-order valence-electron chi connectivity index (χ1n) is 5.70. The van der Waals surface area contributed by atoms with E-state index in [0.29, 0.717) is 16.5 Å². The van der Waals surface area contributed by atoms with Gasteiger partial charge in [0.15, 0.2) is 0 Å². The molecule has 0 amide bonds. The number of nitrogens with zero attached hydrogens (tertiary/aromatic N) is 1. The molecule has 4 N–H and O–H groups in total. The third-order valence-corrected chi connectivity index (χ3v) is 3.27. The molecule has 0 bridgehead atoms. The number of hydrogen-bond acceptors (Lipinski definition) is 3. The molecule has 0 atom stereocenters. The Morgan fingerprint density at radius 2 is 2.06 bits per heavy atom. The molecule has 0 radical (unpaired) electrons. The lowest BCUT2D eigenvalue weighted by Crippen LogP contribution is -2.12. The van der Waals surface area contributed by atoms with E-state index in [-0.39, 0.29) is 5.84 Å². The molecule has 0 heterocycles. The second kappa shape index (κ2) is 7.34. The van der Waals surface area contributed by atoms with E-state index in [0.717, 1.165) is 30.6 Å². The van der Waals surface area contributed by atoms with E-state index >= 15 is 0 Å². The van der Waals surface area contributed by atoms with Gasteiger partial charge in [0.25, 0.3) is 0 Å². The number of amidine groups is 1. The Morgan fingerprint density at radius 1 is 1.33 bits per heavy atom. The Labute approximate surface area is 117 Å². The summed E-state index contributed by atoms with van der Waals surface area (Å²) in [6.07, 6.45) is 2.33. The first-order valence-corrected chi connectivity index (χ1v) is 6.46. The Hall–Kier alpha value is -1.13. The second-order valence-electron chi connectivity index (χ2n) is 4.06. The molecular formula is C12H17Cl2N3O. The predicted octanol–water partition coefficient (Wildman–Crippen LogP) is 3.63. The molecule has 4 nitrogen and oxygen atoms in total. The maximum Gasteiger partial charge on any atom is 0.139 e. The van der Waals surface area contributed by atoms with E-state index in [1.807, 2.05) is 19.1 Å². The van der Waals surface area contributed by atoms with Crippen LogP contribution in [0, 0.1) is 6.92 Å². The van der Waals surface area contributed by atoms with Crippen molar-refractivity contribution in [3.05, 3.63) is 27.7 Å². The molecule has 1 aromatic carbocycles. The number of aryl methyl sites for hydroxylation is 1. The van der Waals surface area contributed by atoms with Crippen molar-refractivity contribution >= 4 is 34.7 Å². The average Bonchev–Trinajstić information content (AvgIpc) is 2.34. The largest absolute Gasteiger partial charge is 0.409 e. The van der Waals surface area contributed by atoms with Crippen LogP contribution in [0.2, 0.25) is 10.0 Å². The van der Waals surface area contributed by atoms with Crippen molar-refractivity contribution in [3.63, 3.8) is 0 Å². The third kappa shape index (κ3) is 4.63. The van der Waals surface area contributed by atoms with Crippen LogP contribution in [-0.2, 0) is 0 Å². The molecule has 0 spiro atoms. The van der Waals surface area contributed by atoms with Crippen molar-refractivity contribution in [2.75, 3.05) is 11.9 Å². The summed E-state index contributed by atoms with van der Waals surface area (Å²) in [5.74, 6) is 0.256. The molecule has 1 aromatic rings. The van der Waals surface area contributed by atoms with E-state index in [2.05, 4.69) is 10.5 Å². The van der Waals surface area contributed by atoms with Crippen LogP contribution < -0.4 is 11.1 Å². The summed E-state index contributed by atoms with van der Waals surface area (Å²) in [7, 11) is 0. The third-order valence-electron chi connectivity index (χ3n) is 2.55. The summed E-state index contributed by atoms with van der Waals surface area (Å²) in [6.45, 7) is 2.67. The molecule has 0 fully saturated rings. The Balaban J connectivity index is 2.38. The lowest BCUT2D eigenvalue weighted by Gasteiger charge is -2.10. The lowest BCUT2D eigenvalue weighted by atomic mass is 10.2. The summed E-state index contributed by atoms with van der Waals surface area (Å²) < 4.78 is 0. The molecule has 0 aliphatic heterocycles. The van der Waals surface area contributed by atoms with Crippen molar-refractivity contribution in [2.24, 2.45) is 10.9 Å². The van der Waals surface area contributed by atoms with Gasteiger partial charge in [0.1, 0.15) is 5.84 Å². The van der Waals surface area contributed by atoms with Crippen molar-refractivity contribution in [1.82, 2.24) is 0 Å². The number of anilines is 1. The summed E-state index contributed by atoms with van der Waals surface area (Å²) >= 11 is 12.1. The average molecular weight is 290 g/mol. The Bertz CT molecular complexity index is 436. The fourth-order valence-electron chi connectivity index (χ4n) is 1.49. The molecule has 0 saturated heterocycles. The fraction of sp³-hybridized carbons (Fsp3) is 0.417. The quantitative estimate of drug-likeness (QED) is 0.246.